The summed E-state index contributed by atoms with van der Waals surface area (Å²) in [4.78, 5) is 0. The molecule has 0 spiro atoms. The van der Waals surface area contributed by atoms with Gasteiger partial charge in [0.1, 0.15) is 0 Å². The van der Waals surface area contributed by atoms with Crippen LogP contribution < -0.4 is 0 Å². The minimum absolute atomic E-state index is 0.258. The third-order valence-corrected chi connectivity index (χ3v) is 7.35. The van der Waals surface area contributed by atoms with Gasteiger partial charge in [0.05, 0.1) is 0 Å². The van der Waals surface area contributed by atoms with E-state index in [1.165, 1.54) is 64.2 Å². The molecule has 0 amide bonds. The standard InChI is InChI=1S/2C8H15.C5H11N.C2H6N.Ta/c2*1-2-8-6-4-3-5-7-8;1-4-5(2,3)6;1-3-2;/h2*3,8H,2,4-7H2,1H3;4H2,1-3H3;1-2H3;/q2*-1;;-1;. The van der Waals surface area contributed by atoms with Crippen LogP contribution in [0.5, 0.6) is 0 Å². The molecule has 0 radical (unpaired) electrons. The van der Waals surface area contributed by atoms with Crippen LogP contribution in [0.4, 0.5) is 0 Å². The van der Waals surface area contributed by atoms with Crippen molar-refractivity contribution >= 4 is 0 Å². The van der Waals surface area contributed by atoms with Crippen molar-refractivity contribution in [3.8, 4) is 0 Å². The molecule has 0 aromatic rings. The van der Waals surface area contributed by atoms with Crippen LogP contribution in [-0.2, 0) is 20.9 Å². The minimum Gasteiger partial charge on any atom is -0.668 e. The minimum atomic E-state index is 0.258. The van der Waals surface area contributed by atoms with Gasteiger partial charge in [-0.2, -0.15) is 39.8 Å². The van der Waals surface area contributed by atoms with Gasteiger partial charge in [-0.1, -0.05) is 52.4 Å². The molecule has 0 N–H and O–H groups in total. The molecule has 2 rings (SSSR count). The molecule has 26 heavy (non-hydrogen) atoms. The van der Waals surface area contributed by atoms with E-state index in [0.717, 1.165) is 39.1 Å². The van der Waals surface area contributed by atoms with Crippen molar-refractivity contribution in [1.29, 1.82) is 0 Å². The van der Waals surface area contributed by atoms with Gasteiger partial charge in [0.15, 0.2) is 0 Å². The van der Waals surface area contributed by atoms with Crippen LogP contribution in [0.3, 0.4) is 0 Å². The maximum absolute atomic E-state index is 4.25. The Kier molecular flexibility index (Phi) is 22.3. The average molecular weight is 533 g/mol. The van der Waals surface area contributed by atoms with E-state index in [1.54, 1.807) is 14.1 Å². The summed E-state index contributed by atoms with van der Waals surface area (Å²) >= 11 is 1.16. The fraction of sp³-hybridized carbons (Fsp3) is 0.913. The largest absolute Gasteiger partial charge is 0.668 e. The molecule has 0 aromatic heterocycles. The Morgan fingerprint density at radius 1 is 0.846 bits per heavy atom. The molecule has 2 fully saturated rings. The Bertz CT molecular complexity index is 262. The molecule has 2 aliphatic carbocycles. The topological polar surface area (TPSA) is 26.5 Å². The summed E-state index contributed by atoms with van der Waals surface area (Å²) < 4.78 is 4.25. The first-order chi connectivity index (χ1) is 12.4. The summed E-state index contributed by atoms with van der Waals surface area (Å²) in [6.45, 7) is 11.1. The first-order valence-corrected chi connectivity index (χ1v) is 12.3. The van der Waals surface area contributed by atoms with E-state index in [0.29, 0.717) is 0 Å². The van der Waals surface area contributed by atoms with Crippen molar-refractivity contribution < 1.29 is 20.9 Å². The zero-order chi connectivity index (χ0) is 20.3. The molecule has 0 bridgehead atoms. The summed E-state index contributed by atoms with van der Waals surface area (Å²) in [6.07, 6.45) is 20.1. The molecule has 0 heterocycles. The molecule has 0 aromatic carbocycles. The number of hydrogen-bond acceptors (Lipinski definition) is 1. The van der Waals surface area contributed by atoms with Gasteiger partial charge in [-0.15, -0.1) is 0 Å². The Morgan fingerprint density at radius 2 is 1.15 bits per heavy atom. The van der Waals surface area contributed by atoms with Crippen molar-refractivity contribution in [3.63, 3.8) is 0 Å². The molecule has 0 unspecified atom stereocenters. The van der Waals surface area contributed by atoms with Crippen LogP contribution in [0.15, 0.2) is 3.34 Å². The van der Waals surface area contributed by atoms with Gasteiger partial charge < -0.3 is 18.2 Å². The molecule has 2 nitrogen and oxygen atoms in total. The van der Waals surface area contributed by atoms with Crippen molar-refractivity contribution in [2.75, 3.05) is 14.1 Å². The van der Waals surface area contributed by atoms with Crippen LogP contribution in [0.1, 0.15) is 105 Å². The van der Waals surface area contributed by atoms with E-state index >= 15 is 0 Å². The molecular formula is C23H47N2Ta-3. The van der Waals surface area contributed by atoms with E-state index in [1.807, 2.05) is 0 Å². The van der Waals surface area contributed by atoms with Gasteiger partial charge in [0.2, 0.25) is 0 Å². The summed E-state index contributed by atoms with van der Waals surface area (Å²) in [6, 6.07) is 0. The first-order valence-electron chi connectivity index (χ1n) is 10.9. The fourth-order valence-corrected chi connectivity index (χ4v) is 3.39. The zero-order valence-corrected chi connectivity index (χ0v) is 22.1. The molecule has 0 saturated heterocycles. The van der Waals surface area contributed by atoms with Crippen LogP contribution in [0.2, 0.25) is 0 Å². The Morgan fingerprint density at radius 3 is 1.27 bits per heavy atom. The van der Waals surface area contributed by atoms with Crippen molar-refractivity contribution in [1.82, 2.24) is 0 Å². The van der Waals surface area contributed by atoms with Crippen LogP contribution in [-0.4, -0.2) is 19.6 Å². The van der Waals surface area contributed by atoms with Crippen LogP contribution in [0, 0.1) is 24.7 Å². The molecule has 2 aliphatic rings. The van der Waals surface area contributed by atoms with Gasteiger partial charge in [-0.25, -0.2) is 0 Å². The molecule has 157 valence electrons. The van der Waals surface area contributed by atoms with E-state index in [4.69, 9.17) is 0 Å². The van der Waals surface area contributed by atoms with Crippen molar-refractivity contribution in [3.05, 3.63) is 18.2 Å². The predicted octanol–water partition coefficient (Wildman–Crippen LogP) is 8.11. The van der Waals surface area contributed by atoms with Gasteiger partial charge in [0.25, 0.3) is 0 Å². The quantitative estimate of drug-likeness (QED) is 0.327. The van der Waals surface area contributed by atoms with Crippen LogP contribution in [0.25, 0.3) is 5.32 Å². The number of rotatable bonds is 4. The maximum atomic E-state index is 4.25. The van der Waals surface area contributed by atoms with Gasteiger partial charge in [-0.05, 0) is 11.8 Å². The smallest absolute Gasteiger partial charge is 0.0465 e. The summed E-state index contributed by atoms with van der Waals surface area (Å²) in [7, 11) is 3.50. The first kappa shape index (κ1) is 28.7. The fourth-order valence-electron chi connectivity index (χ4n) is 2.88. The Balaban J connectivity index is 0. The summed E-state index contributed by atoms with van der Waals surface area (Å²) in [5.74, 6) is 2.11. The zero-order valence-electron chi connectivity index (χ0n) is 18.9. The SMILES string of the molecule is CCC(C)(C)[N]=[Ta].CCC1CC[CH-]CC1.CCC1CC[CH-]CC1.C[N-]C. The molecule has 0 atom stereocenters. The van der Waals surface area contributed by atoms with Gasteiger partial charge >= 0.3 is 57.0 Å². The number of hydrogen-bond donors (Lipinski definition) is 0. The summed E-state index contributed by atoms with van der Waals surface area (Å²) in [5, 5.41) is 3.50. The second kappa shape index (κ2) is 20.2. The molecular weight excluding hydrogens is 485 g/mol. The van der Waals surface area contributed by atoms with E-state index < -0.39 is 0 Å². The third-order valence-electron chi connectivity index (χ3n) is 5.41. The molecule has 3 heteroatoms. The molecule has 2 saturated carbocycles. The Labute approximate surface area is 178 Å². The second-order valence-electron chi connectivity index (χ2n) is 8.15. The average Bonchev–Trinajstić information content (AvgIpc) is 2.71. The summed E-state index contributed by atoms with van der Waals surface area (Å²) in [5.41, 5.74) is 0.258. The van der Waals surface area contributed by atoms with E-state index in [9.17, 15) is 0 Å². The van der Waals surface area contributed by atoms with Gasteiger partial charge in [-0.3, -0.25) is 0 Å². The van der Waals surface area contributed by atoms with Crippen molar-refractivity contribution in [2.24, 2.45) is 15.2 Å². The Hall–Kier alpha value is 0.500. The predicted molar refractivity (Wildman–Crippen MR) is 115 cm³/mol. The number of nitrogens with zero attached hydrogens (tertiary/aromatic N) is 2. The van der Waals surface area contributed by atoms with E-state index in [2.05, 4.69) is 56.1 Å². The van der Waals surface area contributed by atoms with Crippen molar-refractivity contribution in [2.45, 2.75) is 111 Å². The van der Waals surface area contributed by atoms with Gasteiger partial charge in [0, 0.05) is 0 Å². The molecule has 0 aliphatic heterocycles. The second-order valence-corrected chi connectivity index (χ2v) is 8.87. The van der Waals surface area contributed by atoms with E-state index in [-0.39, 0.29) is 5.54 Å². The maximum Gasteiger partial charge on any atom is -0.0465 e. The normalized spacial score (nSPS) is 18.2. The van der Waals surface area contributed by atoms with Crippen LogP contribution >= 0.6 is 0 Å². The third kappa shape index (κ3) is 19.3. The monoisotopic (exact) mass is 532 g/mol.